The summed E-state index contributed by atoms with van der Waals surface area (Å²) in [6, 6.07) is 5.54. The molecule has 4 nitrogen and oxygen atoms in total. The Bertz CT molecular complexity index is 386. The number of hydrogen-bond donors (Lipinski definition) is 2. The average Bonchev–Trinajstić information content (AvgIpc) is 2.41. The van der Waals surface area contributed by atoms with Crippen LogP contribution in [-0.2, 0) is 11.2 Å². The number of hydrogen-bond acceptors (Lipinski definition) is 3. The summed E-state index contributed by atoms with van der Waals surface area (Å²) in [5.41, 5.74) is 0.364. The van der Waals surface area contributed by atoms with E-state index in [9.17, 15) is 9.90 Å². The first-order valence-corrected chi connectivity index (χ1v) is 6.56. The van der Waals surface area contributed by atoms with Gasteiger partial charge in [0.05, 0.1) is 18.6 Å². The molecule has 1 saturated carbocycles. The lowest BCUT2D eigenvalue weighted by atomic mass is 9.82. The molecule has 2 N–H and O–H groups in total. The molecule has 1 aliphatic rings. The predicted molar refractivity (Wildman–Crippen MR) is 69.0 cm³/mol. The highest BCUT2D eigenvalue weighted by Crippen LogP contribution is 2.27. The van der Waals surface area contributed by atoms with Crippen LogP contribution in [0, 0.1) is 0 Å². The number of aliphatic hydroxyl groups excluding tert-OH is 1. The summed E-state index contributed by atoms with van der Waals surface area (Å²) in [7, 11) is 0. The second kappa shape index (κ2) is 5.96. The molecule has 0 aromatic carbocycles. The number of rotatable bonds is 4. The van der Waals surface area contributed by atoms with E-state index in [1.54, 1.807) is 6.20 Å². The fraction of sp³-hybridized carbons (Fsp3) is 0.571. The summed E-state index contributed by atoms with van der Waals surface area (Å²) in [6.45, 7) is 0.0287. The summed E-state index contributed by atoms with van der Waals surface area (Å²) in [4.78, 5) is 16.1. The molecule has 1 aromatic heterocycles. The Morgan fingerprint density at radius 3 is 2.72 bits per heavy atom. The molecule has 2 rings (SSSR count). The van der Waals surface area contributed by atoms with Gasteiger partial charge in [-0.15, -0.1) is 0 Å². The van der Waals surface area contributed by atoms with Crippen LogP contribution >= 0.6 is 0 Å². The topological polar surface area (TPSA) is 62.2 Å². The van der Waals surface area contributed by atoms with Crippen LogP contribution in [0.25, 0.3) is 0 Å². The zero-order valence-corrected chi connectivity index (χ0v) is 10.6. The SMILES string of the molecule is O=C(Cc1ccccn1)NC1(CO)CCCCC1. The van der Waals surface area contributed by atoms with Crippen molar-refractivity contribution in [2.75, 3.05) is 6.61 Å². The van der Waals surface area contributed by atoms with E-state index in [2.05, 4.69) is 10.3 Å². The standard InChI is InChI=1S/C14H20N2O2/c17-11-14(7-3-1-4-8-14)16-13(18)10-12-6-2-5-9-15-12/h2,5-6,9,17H,1,3-4,7-8,10-11H2,(H,16,18). The van der Waals surface area contributed by atoms with Crippen LogP contribution in [0.5, 0.6) is 0 Å². The van der Waals surface area contributed by atoms with Crippen molar-refractivity contribution in [3.63, 3.8) is 0 Å². The van der Waals surface area contributed by atoms with Crippen molar-refractivity contribution in [3.05, 3.63) is 30.1 Å². The Hall–Kier alpha value is -1.42. The van der Waals surface area contributed by atoms with Crippen molar-refractivity contribution in [2.45, 2.75) is 44.1 Å². The average molecular weight is 248 g/mol. The highest BCUT2D eigenvalue weighted by molar-refractivity contribution is 5.78. The van der Waals surface area contributed by atoms with Crippen LogP contribution in [-0.4, -0.2) is 28.1 Å². The van der Waals surface area contributed by atoms with Crippen LogP contribution in [0.3, 0.4) is 0 Å². The van der Waals surface area contributed by atoms with Crippen LogP contribution in [0.2, 0.25) is 0 Å². The van der Waals surface area contributed by atoms with Gasteiger partial charge >= 0.3 is 0 Å². The zero-order chi connectivity index (χ0) is 12.8. The maximum Gasteiger partial charge on any atom is 0.226 e. The monoisotopic (exact) mass is 248 g/mol. The highest BCUT2D eigenvalue weighted by Gasteiger charge is 2.32. The van der Waals surface area contributed by atoms with Gasteiger partial charge in [-0.25, -0.2) is 0 Å². The smallest absolute Gasteiger partial charge is 0.226 e. The molecular formula is C14H20N2O2. The van der Waals surface area contributed by atoms with Crippen molar-refractivity contribution in [1.82, 2.24) is 10.3 Å². The van der Waals surface area contributed by atoms with Crippen molar-refractivity contribution >= 4 is 5.91 Å². The van der Waals surface area contributed by atoms with E-state index in [4.69, 9.17) is 0 Å². The number of pyridine rings is 1. The molecular weight excluding hydrogens is 228 g/mol. The van der Waals surface area contributed by atoms with Gasteiger partial charge in [-0.3, -0.25) is 9.78 Å². The molecule has 0 bridgehead atoms. The molecule has 18 heavy (non-hydrogen) atoms. The molecule has 1 aliphatic carbocycles. The third kappa shape index (κ3) is 3.29. The molecule has 1 aromatic rings. The predicted octanol–water partition coefficient (Wildman–Crippen LogP) is 1.44. The molecule has 0 saturated heterocycles. The van der Waals surface area contributed by atoms with Gasteiger partial charge in [0, 0.05) is 11.9 Å². The van der Waals surface area contributed by atoms with E-state index >= 15 is 0 Å². The molecule has 1 fully saturated rings. The Labute approximate surface area is 107 Å². The van der Waals surface area contributed by atoms with Gasteiger partial charge < -0.3 is 10.4 Å². The fourth-order valence-corrected chi connectivity index (χ4v) is 2.56. The molecule has 1 amide bonds. The van der Waals surface area contributed by atoms with Crippen molar-refractivity contribution in [2.24, 2.45) is 0 Å². The van der Waals surface area contributed by atoms with E-state index in [0.717, 1.165) is 31.4 Å². The minimum Gasteiger partial charge on any atom is -0.394 e. The van der Waals surface area contributed by atoms with Crippen molar-refractivity contribution in [1.29, 1.82) is 0 Å². The Morgan fingerprint density at radius 1 is 1.33 bits per heavy atom. The Morgan fingerprint density at radius 2 is 2.11 bits per heavy atom. The van der Waals surface area contributed by atoms with E-state index in [1.807, 2.05) is 18.2 Å². The largest absolute Gasteiger partial charge is 0.394 e. The quantitative estimate of drug-likeness (QED) is 0.847. The van der Waals surface area contributed by atoms with Gasteiger partial charge in [0.2, 0.25) is 5.91 Å². The fourth-order valence-electron chi connectivity index (χ4n) is 2.56. The lowest BCUT2D eigenvalue weighted by Gasteiger charge is -2.36. The molecule has 98 valence electrons. The minimum atomic E-state index is -0.399. The van der Waals surface area contributed by atoms with Gasteiger partial charge in [0.1, 0.15) is 0 Å². The van der Waals surface area contributed by atoms with Gasteiger partial charge in [-0.05, 0) is 25.0 Å². The molecule has 0 atom stereocenters. The van der Waals surface area contributed by atoms with Gasteiger partial charge in [-0.1, -0.05) is 25.3 Å². The third-order valence-corrected chi connectivity index (χ3v) is 3.59. The molecule has 0 unspecified atom stereocenters. The van der Waals surface area contributed by atoms with Gasteiger partial charge in [0.25, 0.3) is 0 Å². The Balaban J connectivity index is 1.93. The lowest BCUT2D eigenvalue weighted by Crippen LogP contribution is -2.53. The molecule has 0 aliphatic heterocycles. The third-order valence-electron chi connectivity index (χ3n) is 3.59. The number of carbonyl (C=O) groups excluding carboxylic acids is 1. The lowest BCUT2D eigenvalue weighted by molar-refractivity contribution is -0.123. The molecule has 0 radical (unpaired) electrons. The highest BCUT2D eigenvalue weighted by atomic mass is 16.3. The molecule has 0 spiro atoms. The maximum absolute atomic E-state index is 12.0. The summed E-state index contributed by atoms with van der Waals surface area (Å²) < 4.78 is 0. The summed E-state index contributed by atoms with van der Waals surface area (Å²) in [5, 5.41) is 12.5. The normalized spacial score (nSPS) is 18.3. The van der Waals surface area contributed by atoms with Gasteiger partial charge in [0.15, 0.2) is 0 Å². The first-order valence-electron chi connectivity index (χ1n) is 6.56. The van der Waals surface area contributed by atoms with Crippen LogP contribution in [0.15, 0.2) is 24.4 Å². The number of amides is 1. The number of nitrogens with zero attached hydrogens (tertiary/aromatic N) is 1. The molecule has 4 heteroatoms. The molecule has 1 heterocycles. The van der Waals surface area contributed by atoms with Crippen LogP contribution < -0.4 is 5.32 Å². The summed E-state index contributed by atoms with van der Waals surface area (Å²) in [6.07, 6.45) is 7.05. The van der Waals surface area contributed by atoms with Crippen LogP contribution in [0.4, 0.5) is 0 Å². The zero-order valence-electron chi connectivity index (χ0n) is 10.6. The van der Waals surface area contributed by atoms with E-state index < -0.39 is 5.54 Å². The first-order chi connectivity index (χ1) is 8.74. The summed E-state index contributed by atoms with van der Waals surface area (Å²) >= 11 is 0. The first kappa shape index (κ1) is 13.0. The second-order valence-electron chi connectivity index (χ2n) is 5.05. The maximum atomic E-state index is 12.0. The minimum absolute atomic E-state index is 0.0287. The van der Waals surface area contributed by atoms with E-state index in [-0.39, 0.29) is 18.9 Å². The Kier molecular flexibility index (Phi) is 4.31. The van der Waals surface area contributed by atoms with Crippen molar-refractivity contribution in [3.8, 4) is 0 Å². The number of aromatic nitrogens is 1. The van der Waals surface area contributed by atoms with Gasteiger partial charge in [-0.2, -0.15) is 0 Å². The van der Waals surface area contributed by atoms with Crippen LogP contribution in [0.1, 0.15) is 37.8 Å². The second-order valence-corrected chi connectivity index (χ2v) is 5.05. The summed E-state index contributed by atoms with van der Waals surface area (Å²) in [5.74, 6) is -0.0512. The van der Waals surface area contributed by atoms with E-state index in [0.29, 0.717) is 0 Å². The number of nitrogens with one attached hydrogen (secondary N) is 1. The number of carbonyl (C=O) groups is 1. The number of aliphatic hydroxyl groups is 1. The van der Waals surface area contributed by atoms with E-state index in [1.165, 1.54) is 6.42 Å². The van der Waals surface area contributed by atoms with Crippen molar-refractivity contribution < 1.29 is 9.90 Å².